The molecule has 1 aromatic carbocycles. The molecule has 0 fully saturated rings. The summed E-state index contributed by atoms with van der Waals surface area (Å²) >= 11 is 0. The summed E-state index contributed by atoms with van der Waals surface area (Å²) in [4.78, 5) is 20.5. The van der Waals surface area contributed by atoms with Crippen LogP contribution in [0, 0.1) is 0 Å². The van der Waals surface area contributed by atoms with Crippen molar-refractivity contribution in [3.05, 3.63) is 47.8 Å². The summed E-state index contributed by atoms with van der Waals surface area (Å²) in [6, 6.07) is 8.93. The number of nitrogens with zero attached hydrogens (tertiary/aromatic N) is 2. The van der Waals surface area contributed by atoms with Crippen LogP contribution in [0.3, 0.4) is 0 Å². The SMILES string of the molecule is C[Si](C)(C)Oc1cnc(N)nc1C(=O)c1ccccc1. The van der Waals surface area contributed by atoms with E-state index in [4.69, 9.17) is 10.2 Å². The standard InChI is InChI=1S/C14H17N3O2Si/c1-20(2,3)19-11-9-16-14(15)17-12(11)13(18)10-7-5-4-6-8-10/h4-9H,1-3H3,(H2,15,16,17). The van der Waals surface area contributed by atoms with Gasteiger partial charge in [0.2, 0.25) is 20.0 Å². The number of rotatable bonds is 4. The summed E-state index contributed by atoms with van der Waals surface area (Å²) < 4.78 is 5.87. The van der Waals surface area contributed by atoms with Gasteiger partial charge in [-0.25, -0.2) is 9.97 Å². The summed E-state index contributed by atoms with van der Waals surface area (Å²) in [7, 11) is -1.87. The Labute approximate surface area is 119 Å². The van der Waals surface area contributed by atoms with Gasteiger partial charge in [-0.1, -0.05) is 30.3 Å². The van der Waals surface area contributed by atoms with Gasteiger partial charge in [0.05, 0.1) is 6.20 Å². The maximum atomic E-state index is 12.5. The third-order valence-electron chi connectivity index (χ3n) is 2.44. The fourth-order valence-electron chi connectivity index (χ4n) is 1.68. The predicted octanol–water partition coefficient (Wildman–Crippen LogP) is 2.50. The maximum Gasteiger partial charge on any atom is 0.242 e. The van der Waals surface area contributed by atoms with E-state index in [1.165, 1.54) is 6.20 Å². The second kappa shape index (κ2) is 5.42. The summed E-state index contributed by atoms with van der Waals surface area (Å²) in [6.07, 6.45) is 1.47. The van der Waals surface area contributed by atoms with Gasteiger partial charge < -0.3 is 10.2 Å². The lowest BCUT2D eigenvalue weighted by molar-refractivity contribution is 0.103. The Balaban J connectivity index is 2.44. The first-order valence-corrected chi connectivity index (χ1v) is 9.69. The van der Waals surface area contributed by atoms with Crippen LogP contribution in [0.25, 0.3) is 0 Å². The van der Waals surface area contributed by atoms with Gasteiger partial charge in [-0.05, 0) is 19.6 Å². The van der Waals surface area contributed by atoms with Crippen molar-refractivity contribution in [2.75, 3.05) is 5.73 Å². The molecule has 0 atom stereocenters. The number of ketones is 1. The number of benzene rings is 1. The molecular formula is C14H17N3O2Si. The van der Waals surface area contributed by atoms with E-state index in [0.717, 1.165) is 0 Å². The first-order chi connectivity index (χ1) is 9.37. The highest BCUT2D eigenvalue weighted by Crippen LogP contribution is 2.22. The van der Waals surface area contributed by atoms with Crippen LogP contribution in [-0.2, 0) is 0 Å². The molecule has 2 aromatic rings. The fraction of sp³-hybridized carbons (Fsp3) is 0.214. The largest absolute Gasteiger partial charge is 0.542 e. The molecule has 0 unspecified atom stereocenters. The molecule has 2 rings (SSSR count). The van der Waals surface area contributed by atoms with Gasteiger partial charge in [0.25, 0.3) is 0 Å². The molecule has 0 amide bonds. The van der Waals surface area contributed by atoms with Crippen LogP contribution in [-0.4, -0.2) is 24.1 Å². The van der Waals surface area contributed by atoms with Gasteiger partial charge in [0, 0.05) is 5.56 Å². The zero-order chi connectivity index (χ0) is 14.8. The van der Waals surface area contributed by atoms with Crippen LogP contribution in [0.1, 0.15) is 16.1 Å². The molecular weight excluding hydrogens is 270 g/mol. The van der Waals surface area contributed by atoms with Crippen molar-refractivity contribution in [2.24, 2.45) is 0 Å². The zero-order valence-electron chi connectivity index (χ0n) is 11.8. The summed E-state index contributed by atoms with van der Waals surface area (Å²) in [5.41, 5.74) is 6.35. The molecule has 0 bridgehead atoms. The predicted molar refractivity (Wildman–Crippen MR) is 80.3 cm³/mol. The lowest BCUT2D eigenvalue weighted by atomic mass is 10.1. The van der Waals surface area contributed by atoms with Crippen molar-refractivity contribution < 1.29 is 9.22 Å². The highest BCUT2D eigenvalue weighted by atomic mass is 28.4. The number of hydrogen-bond donors (Lipinski definition) is 1. The summed E-state index contributed by atoms with van der Waals surface area (Å²) in [6.45, 7) is 6.08. The molecule has 0 aliphatic carbocycles. The molecule has 6 heteroatoms. The van der Waals surface area contributed by atoms with Crippen molar-refractivity contribution in [3.8, 4) is 5.75 Å². The minimum absolute atomic E-state index is 0.0622. The summed E-state index contributed by atoms with van der Waals surface area (Å²) in [5.74, 6) is 0.243. The first-order valence-electron chi connectivity index (χ1n) is 6.28. The third-order valence-corrected chi connectivity index (χ3v) is 3.27. The van der Waals surface area contributed by atoms with Crippen LogP contribution in [0.2, 0.25) is 19.6 Å². The molecule has 0 saturated heterocycles. The average molecular weight is 287 g/mol. The number of aromatic nitrogens is 2. The lowest BCUT2D eigenvalue weighted by Crippen LogP contribution is -2.30. The molecule has 104 valence electrons. The van der Waals surface area contributed by atoms with Gasteiger partial charge in [-0.2, -0.15) is 0 Å². The second-order valence-corrected chi connectivity index (χ2v) is 9.78. The van der Waals surface area contributed by atoms with E-state index in [1.54, 1.807) is 24.3 Å². The number of hydrogen-bond acceptors (Lipinski definition) is 5. The van der Waals surface area contributed by atoms with Crippen LogP contribution >= 0.6 is 0 Å². The van der Waals surface area contributed by atoms with E-state index in [-0.39, 0.29) is 17.4 Å². The monoisotopic (exact) mass is 287 g/mol. The van der Waals surface area contributed by atoms with Gasteiger partial charge in [-0.3, -0.25) is 4.79 Å². The summed E-state index contributed by atoms with van der Waals surface area (Å²) in [5, 5.41) is 0. The molecule has 1 aromatic heterocycles. The molecule has 0 spiro atoms. The van der Waals surface area contributed by atoms with Gasteiger partial charge >= 0.3 is 0 Å². The minimum Gasteiger partial charge on any atom is -0.542 e. The molecule has 0 aliphatic heterocycles. The van der Waals surface area contributed by atoms with E-state index in [0.29, 0.717) is 11.3 Å². The molecule has 1 heterocycles. The van der Waals surface area contributed by atoms with Crippen LogP contribution in [0.5, 0.6) is 5.75 Å². The minimum atomic E-state index is -1.87. The normalized spacial score (nSPS) is 11.2. The maximum absolute atomic E-state index is 12.5. The fourth-order valence-corrected chi connectivity index (χ4v) is 2.49. The van der Waals surface area contributed by atoms with Crippen LogP contribution in [0.15, 0.2) is 36.5 Å². The third kappa shape index (κ3) is 3.42. The Morgan fingerprint density at radius 2 is 1.85 bits per heavy atom. The Hall–Kier alpha value is -2.21. The molecule has 0 radical (unpaired) electrons. The van der Waals surface area contributed by atoms with E-state index >= 15 is 0 Å². The van der Waals surface area contributed by atoms with Gasteiger partial charge in [0.1, 0.15) is 0 Å². The van der Waals surface area contributed by atoms with Crippen molar-refractivity contribution in [1.82, 2.24) is 9.97 Å². The van der Waals surface area contributed by atoms with Crippen molar-refractivity contribution in [2.45, 2.75) is 19.6 Å². The second-order valence-electron chi connectivity index (χ2n) is 5.35. The van der Waals surface area contributed by atoms with Crippen molar-refractivity contribution in [3.63, 3.8) is 0 Å². The molecule has 2 N–H and O–H groups in total. The average Bonchev–Trinajstić information content (AvgIpc) is 2.39. The Bertz CT molecular complexity index is 624. The van der Waals surface area contributed by atoms with E-state index < -0.39 is 8.32 Å². The van der Waals surface area contributed by atoms with Crippen LogP contribution < -0.4 is 10.2 Å². The number of carbonyl (C=O) groups is 1. The first kappa shape index (κ1) is 14.2. The van der Waals surface area contributed by atoms with Crippen molar-refractivity contribution in [1.29, 1.82) is 0 Å². The smallest absolute Gasteiger partial charge is 0.242 e. The highest BCUT2D eigenvalue weighted by molar-refractivity contribution is 6.70. The number of nitrogens with two attached hydrogens (primary N) is 1. The van der Waals surface area contributed by atoms with E-state index in [2.05, 4.69) is 9.97 Å². The van der Waals surface area contributed by atoms with Gasteiger partial charge in [-0.15, -0.1) is 0 Å². The van der Waals surface area contributed by atoms with Gasteiger partial charge in [0.15, 0.2) is 11.4 Å². The Morgan fingerprint density at radius 1 is 1.20 bits per heavy atom. The molecule has 5 nitrogen and oxygen atoms in total. The Kier molecular flexibility index (Phi) is 3.85. The number of nitrogen functional groups attached to an aromatic ring is 1. The number of carbonyl (C=O) groups excluding carboxylic acids is 1. The Morgan fingerprint density at radius 3 is 2.45 bits per heavy atom. The lowest BCUT2D eigenvalue weighted by Gasteiger charge is -2.20. The quantitative estimate of drug-likeness (QED) is 0.690. The van der Waals surface area contributed by atoms with Crippen molar-refractivity contribution >= 4 is 20.0 Å². The zero-order valence-corrected chi connectivity index (χ0v) is 12.8. The molecule has 0 aliphatic rings. The van der Waals surface area contributed by atoms with E-state index in [1.807, 2.05) is 25.7 Å². The molecule has 0 saturated carbocycles. The highest BCUT2D eigenvalue weighted by Gasteiger charge is 2.23. The topological polar surface area (TPSA) is 78.1 Å². The van der Waals surface area contributed by atoms with E-state index in [9.17, 15) is 4.79 Å². The van der Waals surface area contributed by atoms with Crippen LogP contribution in [0.4, 0.5) is 5.95 Å². The molecule has 20 heavy (non-hydrogen) atoms. The number of anilines is 1.